The SMILES string of the molecule is Cc1c(CN)cccc1S(=O)(=O)NCc1ccccc1. The molecule has 5 heteroatoms. The number of sulfonamides is 1. The highest BCUT2D eigenvalue weighted by atomic mass is 32.2. The van der Waals surface area contributed by atoms with Crippen LogP contribution in [0.15, 0.2) is 53.4 Å². The van der Waals surface area contributed by atoms with Gasteiger partial charge in [-0.15, -0.1) is 0 Å². The average Bonchev–Trinajstić information content (AvgIpc) is 2.46. The Morgan fingerprint density at radius 1 is 1.05 bits per heavy atom. The third kappa shape index (κ3) is 3.25. The van der Waals surface area contributed by atoms with Gasteiger partial charge in [0, 0.05) is 13.1 Å². The van der Waals surface area contributed by atoms with Crippen LogP contribution in [0.1, 0.15) is 16.7 Å². The Morgan fingerprint density at radius 3 is 2.40 bits per heavy atom. The lowest BCUT2D eigenvalue weighted by molar-refractivity contribution is 0.580. The summed E-state index contributed by atoms with van der Waals surface area (Å²) in [6, 6.07) is 14.6. The number of nitrogens with one attached hydrogen (secondary N) is 1. The van der Waals surface area contributed by atoms with Gasteiger partial charge in [-0.25, -0.2) is 13.1 Å². The van der Waals surface area contributed by atoms with E-state index in [1.165, 1.54) is 0 Å². The molecule has 2 aromatic rings. The molecule has 2 aromatic carbocycles. The van der Waals surface area contributed by atoms with Crippen molar-refractivity contribution in [2.45, 2.75) is 24.9 Å². The fourth-order valence-electron chi connectivity index (χ4n) is 2.02. The van der Waals surface area contributed by atoms with Crippen molar-refractivity contribution in [2.75, 3.05) is 0 Å². The summed E-state index contributed by atoms with van der Waals surface area (Å²) in [4.78, 5) is 0.288. The molecule has 0 spiro atoms. The molecule has 3 N–H and O–H groups in total. The van der Waals surface area contributed by atoms with Gasteiger partial charge in [0.15, 0.2) is 0 Å². The summed E-state index contributed by atoms with van der Waals surface area (Å²) in [5.41, 5.74) is 8.08. The van der Waals surface area contributed by atoms with Crippen LogP contribution in [-0.4, -0.2) is 8.42 Å². The molecule has 0 aliphatic rings. The molecule has 0 aromatic heterocycles. The standard InChI is InChI=1S/C15H18N2O2S/c1-12-14(10-16)8-5-9-15(12)20(18,19)17-11-13-6-3-2-4-7-13/h2-9,17H,10-11,16H2,1H3. The summed E-state index contributed by atoms with van der Waals surface area (Å²) >= 11 is 0. The highest BCUT2D eigenvalue weighted by Gasteiger charge is 2.17. The van der Waals surface area contributed by atoms with E-state index in [-0.39, 0.29) is 11.4 Å². The van der Waals surface area contributed by atoms with E-state index in [1.807, 2.05) is 36.4 Å². The summed E-state index contributed by atoms with van der Waals surface area (Å²) in [6.45, 7) is 2.38. The van der Waals surface area contributed by atoms with Crippen molar-refractivity contribution in [1.82, 2.24) is 4.72 Å². The maximum Gasteiger partial charge on any atom is 0.241 e. The van der Waals surface area contributed by atoms with Crippen molar-refractivity contribution in [1.29, 1.82) is 0 Å². The molecular weight excluding hydrogens is 272 g/mol. The molecule has 4 nitrogen and oxygen atoms in total. The maximum absolute atomic E-state index is 12.3. The van der Waals surface area contributed by atoms with Gasteiger partial charge >= 0.3 is 0 Å². The second-order valence-electron chi connectivity index (χ2n) is 4.55. The summed E-state index contributed by atoms with van der Waals surface area (Å²) in [5, 5.41) is 0. The smallest absolute Gasteiger partial charge is 0.241 e. The van der Waals surface area contributed by atoms with Gasteiger partial charge in [0.2, 0.25) is 10.0 Å². The highest BCUT2D eigenvalue weighted by molar-refractivity contribution is 7.89. The minimum absolute atomic E-state index is 0.273. The number of rotatable bonds is 5. The maximum atomic E-state index is 12.3. The Labute approximate surface area is 119 Å². The molecule has 0 fully saturated rings. The van der Waals surface area contributed by atoms with E-state index >= 15 is 0 Å². The zero-order chi connectivity index (χ0) is 14.6. The minimum atomic E-state index is -3.53. The third-order valence-electron chi connectivity index (χ3n) is 3.21. The molecule has 0 bridgehead atoms. The molecule has 0 saturated heterocycles. The summed E-state index contributed by atoms with van der Waals surface area (Å²) < 4.78 is 27.3. The second kappa shape index (κ2) is 6.17. The minimum Gasteiger partial charge on any atom is -0.326 e. The first-order valence-corrected chi connectivity index (χ1v) is 7.85. The molecular formula is C15H18N2O2S. The first-order valence-electron chi connectivity index (χ1n) is 6.37. The quantitative estimate of drug-likeness (QED) is 0.884. The van der Waals surface area contributed by atoms with Gasteiger partial charge in [-0.2, -0.15) is 0 Å². The summed E-state index contributed by atoms with van der Waals surface area (Å²) in [6.07, 6.45) is 0. The predicted octanol–water partition coefficient (Wildman–Crippen LogP) is 1.93. The van der Waals surface area contributed by atoms with E-state index in [0.717, 1.165) is 11.1 Å². The van der Waals surface area contributed by atoms with Gasteiger partial charge in [0.05, 0.1) is 4.90 Å². The van der Waals surface area contributed by atoms with Crippen LogP contribution in [-0.2, 0) is 23.1 Å². The van der Waals surface area contributed by atoms with Crippen molar-refractivity contribution in [2.24, 2.45) is 5.73 Å². The van der Waals surface area contributed by atoms with Crippen LogP contribution in [0.2, 0.25) is 0 Å². The molecule has 0 aliphatic heterocycles. The normalized spacial score (nSPS) is 11.5. The van der Waals surface area contributed by atoms with Crippen molar-refractivity contribution < 1.29 is 8.42 Å². The number of hydrogen-bond acceptors (Lipinski definition) is 3. The zero-order valence-corrected chi connectivity index (χ0v) is 12.2. The van der Waals surface area contributed by atoms with Crippen molar-refractivity contribution in [3.05, 3.63) is 65.2 Å². The molecule has 2 rings (SSSR count). The Kier molecular flexibility index (Phi) is 4.54. The fraction of sp³-hybridized carbons (Fsp3) is 0.200. The van der Waals surface area contributed by atoms with Gasteiger partial charge in [0.1, 0.15) is 0 Å². The van der Waals surface area contributed by atoms with Crippen LogP contribution >= 0.6 is 0 Å². The van der Waals surface area contributed by atoms with Crippen LogP contribution < -0.4 is 10.5 Å². The Balaban J connectivity index is 2.23. The van der Waals surface area contributed by atoms with Gasteiger partial charge in [-0.3, -0.25) is 0 Å². The Morgan fingerprint density at radius 2 is 1.75 bits per heavy atom. The fourth-order valence-corrected chi connectivity index (χ4v) is 3.33. The van der Waals surface area contributed by atoms with Gasteiger partial charge in [0.25, 0.3) is 0 Å². The van der Waals surface area contributed by atoms with Crippen molar-refractivity contribution >= 4 is 10.0 Å². The van der Waals surface area contributed by atoms with E-state index in [1.54, 1.807) is 19.1 Å². The van der Waals surface area contributed by atoms with E-state index in [4.69, 9.17) is 5.73 Å². The Hall–Kier alpha value is -1.69. The van der Waals surface area contributed by atoms with Crippen molar-refractivity contribution in [3.8, 4) is 0 Å². The van der Waals surface area contributed by atoms with Gasteiger partial charge < -0.3 is 5.73 Å². The van der Waals surface area contributed by atoms with Crippen LogP contribution in [0.5, 0.6) is 0 Å². The predicted molar refractivity (Wildman–Crippen MR) is 79.5 cm³/mol. The largest absolute Gasteiger partial charge is 0.326 e. The molecule has 0 amide bonds. The highest BCUT2D eigenvalue weighted by Crippen LogP contribution is 2.18. The first kappa shape index (κ1) is 14.7. The van der Waals surface area contributed by atoms with Crippen LogP contribution in [0.4, 0.5) is 0 Å². The molecule has 0 radical (unpaired) electrons. The molecule has 0 unspecified atom stereocenters. The summed E-state index contributed by atoms with van der Waals surface area (Å²) in [5.74, 6) is 0. The lowest BCUT2D eigenvalue weighted by Gasteiger charge is -2.12. The van der Waals surface area contributed by atoms with E-state index in [9.17, 15) is 8.42 Å². The van der Waals surface area contributed by atoms with Gasteiger partial charge in [-0.1, -0.05) is 42.5 Å². The zero-order valence-electron chi connectivity index (χ0n) is 11.3. The molecule has 0 aliphatic carbocycles. The molecule has 0 atom stereocenters. The molecule has 0 heterocycles. The van der Waals surface area contributed by atoms with E-state index < -0.39 is 10.0 Å². The van der Waals surface area contributed by atoms with Gasteiger partial charge in [-0.05, 0) is 29.7 Å². The first-order chi connectivity index (χ1) is 9.54. The monoisotopic (exact) mass is 290 g/mol. The molecule has 20 heavy (non-hydrogen) atoms. The number of hydrogen-bond donors (Lipinski definition) is 2. The van der Waals surface area contributed by atoms with Crippen LogP contribution in [0.25, 0.3) is 0 Å². The topological polar surface area (TPSA) is 72.2 Å². The molecule has 106 valence electrons. The lowest BCUT2D eigenvalue weighted by atomic mass is 10.1. The van der Waals surface area contributed by atoms with E-state index in [2.05, 4.69) is 4.72 Å². The van der Waals surface area contributed by atoms with Crippen LogP contribution in [0.3, 0.4) is 0 Å². The molecule has 0 saturated carbocycles. The lowest BCUT2D eigenvalue weighted by Crippen LogP contribution is -2.24. The van der Waals surface area contributed by atoms with Crippen LogP contribution in [0, 0.1) is 6.92 Å². The average molecular weight is 290 g/mol. The van der Waals surface area contributed by atoms with E-state index in [0.29, 0.717) is 12.1 Å². The second-order valence-corrected chi connectivity index (χ2v) is 6.29. The number of nitrogens with two attached hydrogens (primary N) is 1. The summed E-state index contributed by atoms with van der Waals surface area (Å²) in [7, 11) is -3.53. The Bertz CT molecular complexity index is 682. The van der Waals surface area contributed by atoms with Crippen molar-refractivity contribution in [3.63, 3.8) is 0 Å². The number of benzene rings is 2. The third-order valence-corrected chi connectivity index (χ3v) is 4.76.